The van der Waals surface area contributed by atoms with E-state index in [0.717, 1.165) is 5.69 Å². The van der Waals surface area contributed by atoms with Crippen LogP contribution in [0.2, 0.25) is 5.15 Å². The third kappa shape index (κ3) is 3.13. The number of rotatable bonds is 2. The minimum atomic E-state index is -2.81. The van der Waals surface area contributed by atoms with Crippen LogP contribution in [-0.4, -0.2) is 48.1 Å². The van der Waals surface area contributed by atoms with E-state index in [2.05, 4.69) is 15.1 Å². The van der Waals surface area contributed by atoms with E-state index in [4.69, 9.17) is 11.6 Å². The van der Waals surface area contributed by atoms with Crippen LogP contribution in [-0.2, 0) is 16.4 Å². The lowest BCUT2D eigenvalue weighted by molar-refractivity contribution is 0.283. The SMILES string of the molecule is O=S1(=O)CCN(Cc2ccc(Cl)nn2)CC1. The minimum absolute atomic E-state index is 0.230. The first-order chi connectivity index (χ1) is 7.55. The molecule has 16 heavy (non-hydrogen) atoms. The first-order valence-electron chi connectivity index (χ1n) is 4.96. The lowest BCUT2D eigenvalue weighted by atomic mass is 10.3. The molecular formula is C9H12ClN3O2S. The van der Waals surface area contributed by atoms with E-state index in [9.17, 15) is 8.42 Å². The van der Waals surface area contributed by atoms with E-state index in [1.165, 1.54) is 0 Å². The van der Waals surface area contributed by atoms with Crippen molar-refractivity contribution in [1.29, 1.82) is 0 Å². The number of hydrogen-bond donors (Lipinski definition) is 0. The van der Waals surface area contributed by atoms with Crippen LogP contribution in [0, 0.1) is 0 Å². The Labute approximate surface area is 99.3 Å². The third-order valence-corrected chi connectivity index (χ3v) is 4.32. The van der Waals surface area contributed by atoms with Gasteiger partial charge in [0.15, 0.2) is 15.0 Å². The predicted molar refractivity (Wildman–Crippen MR) is 61.0 cm³/mol. The van der Waals surface area contributed by atoms with E-state index in [1.807, 2.05) is 0 Å². The molecule has 1 aromatic heterocycles. The Morgan fingerprint density at radius 1 is 1.25 bits per heavy atom. The first-order valence-corrected chi connectivity index (χ1v) is 7.16. The lowest BCUT2D eigenvalue weighted by Crippen LogP contribution is -2.39. The third-order valence-electron chi connectivity index (χ3n) is 2.51. The maximum atomic E-state index is 11.2. The molecule has 1 aromatic rings. The topological polar surface area (TPSA) is 63.2 Å². The van der Waals surface area contributed by atoms with Crippen LogP contribution in [0.3, 0.4) is 0 Å². The Bertz CT molecular complexity index is 446. The van der Waals surface area contributed by atoms with Gasteiger partial charge in [-0.05, 0) is 12.1 Å². The summed E-state index contributed by atoms with van der Waals surface area (Å²) in [7, 11) is -2.81. The van der Waals surface area contributed by atoms with Crippen molar-refractivity contribution in [2.75, 3.05) is 24.6 Å². The molecule has 0 spiro atoms. The van der Waals surface area contributed by atoms with Crippen LogP contribution >= 0.6 is 11.6 Å². The number of sulfone groups is 1. The summed E-state index contributed by atoms with van der Waals surface area (Å²) in [5.41, 5.74) is 0.809. The fourth-order valence-electron chi connectivity index (χ4n) is 1.57. The lowest BCUT2D eigenvalue weighted by Gasteiger charge is -2.25. The Morgan fingerprint density at radius 2 is 1.94 bits per heavy atom. The summed E-state index contributed by atoms with van der Waals surface area (Å²) in [6, 6.07) is 3.49. The normalized spacial score (nSPS) is 20.8. The van der Waals surface area contributed by atoms with Gasteiger partial charge in [-0.25, -0.2) is 8.42 Å². The zero-order valence-corrected chi connectivity index (χ0v) is 10.2. The van der Waals surface area contributed by atoms with Crippen molar-refractivity contribution in [3.8, 4) is 0 Å². The Balaban J connectivity index is 1.94. The fourth-order valence-corrected chi connectivity index (χ4v) is 2.94. The molecule has 7 heteroatoms. The highest BCUT2D eigenvalue weighted by Gasteiger charge is 2.21. The Morgan fingerprint density at radius 3 is 2.50 bits per heavy atom. The van der Waals surface area contributed by atoms with Gasteiger partial charge in [0.25, 0.3) is 0 Å². The molecule has 0 unspecified atom stereocenters. The van der Waals surface area contributed by atoms with Crippen LogP contribution < -0.4 is 0 Å². The van der Waals surface area contributed by atoms with Gasteiger partial charge in [-0.2, -0.15) is 5.10 Å². The quantitative estimate of drug-likeness (QED) is 0.769. The van der Waals surface area contributed by atoms with Gasteiger partial charge in [0.05, 0.1) is 17.2 Å². The van der Waals surface area contributed by atoms with Gasteiger partial charge in [0.2, 0.25) is 0 Å². The molecule has 1 fully saturated rings. The minimum Gasteiger partial charge on any atom is -0.295 e. The molecule has 0 N–H and O–H groups in total. The molecule has 0 amide bonds. The highest BCUT2D eigenvalue weighted by atomic mass is 35.5. The van der Waals surface area contributed by atoms with Crippen LogP contribution in [0.1, 0.15) is 5.69 Å². The molecule has 0 bridgehead atoms. The van der Waals surface area contributed by atoms with Crippen LogP contribution in [0.4, 0.5) is 0 Å². The summed E-state index contributed by atoms with van der Waals surface area (Å²) >= 11 is 5.63. The molecule has 0 aliphatic carbocycles. The molecular weight excluding hydrogens is 250 g/mol. The van der Waals surface area contributed by atoms with Gasteiger partial charge in [-0.1, -0.05) is 11.6 Å². The van der Waals surface area contributed by atoms with E-state index in [-0.39, 0.29) is 11.5 Å². The van der Waals surface area contributed by atoms with Crippen molar-refractivity contribution in [2.24, 2.45) is 0 Å². The molecule has 1 aliphatic heterocycles. The average Bonchev–Trinajstić information content (AvgIpc) is 2.24. The largest absolute Gasteiger partial charge is 0.295 e. The predicted octanol–water partition coefficient (Wildman–Crippen LogP) is 0.360. The highest BCUT2D eigenvalue weighted by Crippen LogP contribution is 2.09. The zero-order valence-electron chi connectivity index (χ0n) is 8.63. The Hall–Kier alpha value is -0.720. The molecule has 0 aromatic carbocycles. The standard InChI is InChI=1S/C9H12ClN3O2S/c10-9-2-1-8(11-12-9)7-13-3-5-16(14,15)6-4-13/h1-2H,3-7H2. The summed E-state index contributed by atoms with van der Waals surface area (Å²) in [5, 5.41) is 8.05. The molecule has 0 saturated carbocycles. The summed E-state index contributed by atoms with van der Waals surface area (Å²) in [5.74, 6) is 0.460. The molecule has 0 atom stereocenters. The van der Waals surface area contributed by atoms with Gasteiger partial charge < -0.3 is 0 Å². The number of aromatic nitrogens is 2. The van der Waals surface area contributed by atoms with Gasteiger partial charge in [-0.3, -0.25) is 4.90 Å². The van der Waals surface area contributed by atoms with Crippen molar-refractivity contribution in [3.63, 3.8) is 0 Å². The second kappa shape index (κ2) is 4.65. The maximum absolute atomic E-state index is 11.2. The van der Waals surface area contributed by atoms with Crippen molar-refractivity contribution in [2.45, 2.75) is 6.54 Å². The molecule has 1 saturated heterocycles. The molecule has 2 rings (SSSR count). The zero-order chi connectivity index (χ0) is 11.6. The second-order valence-corrected chi connectivity index (χ2v) is 6.47. The molecule has 88 valence electrons. The number of hydrogen-bond acceptors (Lipinski definition) is 5. The smallest absolute Gasteiger partial charge is 0.152 e. The summed E-state index contributed by atoms with van der Waals surface area (Å²) < 4.78 is 22.4. The van der Waals surface area contributed by atoms with Crippen molar-refractivity contribution in [3.05, 3.63) is 23.0 Å². The number of nitrogens with zero attached hydrogens (tertiary/aromatic N) is 3. The van der Waals surface area contributed by atoms with Crippen LogP contribution in [0.25, 0.3) is 0 Å². The van der Waals surface area contributed by atoms with Crippen LogP contribution in [0.15, 0.2) is 12.1 Å². The monoisotopic (exact) mass is 261 g/mol. The molecule has 2 heterocycles. The van der Waals surface area contributed by atoms with Gasteiger partial charge in [0, 0.05) is 19.6 Å². The second-order valence-electron chi connectivity index (χ2n) is 3.78. The van der Waals surface area contributed by atoms with Crippen molar-refractivity contribution < 1.29 is 8.42 Å². The molecule has 5 nitrogen and oxygen atoms in total. The first kappa shape index (κ1) is 11.8. The van der Waals surface area contributed by atoms with E-state index < -0.39 is 9.84 Å². The number of halogens is 1. The van der Waals surface area contributed by atoms with E-state index >= 15 is 0 Å². The van der Waals surface area contributed by atoms with Gasteiger partial charge in [-0.15, -0.1) is 5.10 Å². The van der Waals surface area contributed by atoms with Gasteiger partial charge in [0.1, 0.15) is 0 Å². The highest BCUT2D eigenvalue weighted by molar-refractivity contribution is 7.91. The van der Waals surface area contributed by atoms with E-state index in [1.54, 1.807) is 12.1 Å². The summed E-state index contributed by atoms with van der Waals surface area (Å²) in [6.07, 6.45) is 0. The van der Waals surface area contributed by atoms with Crippen molar-refractivity contribution in [1.82, 2.24) is 15.1 Å². The van der Waals surface area contributed by atoms with Gasteiger partial charge >= 0.3 is 0 Å². The van der Waals surface area contributed by atoms with Crippen LogP contribution in [0.5, 0.6) is 0 Å². The summed E-state index contributed by atoms with van der Waals surface area (Å²) in [6.45, 7) is 1.75. The Kier molecular flexibility index (Phi) is 3.41. The molecule has 1 aliphatic rings. The average molecular weight is 262 g/mol. The maximum Gasteiger partial charge on any atom is 0.152 e. The fraction of sp³-hybridized carbons (Fsp3) is 0.556. The van der Waals surface area contributed by atoms with E-state index in [0.29, 0.717) is 24.8 Å². The molecule has 0 radical (unpaired) electrons. The van der Waals surface area contributed by atoms with Crippen molar-refractivity contribution >= 4 is 21.4 Å². The summed E-state index contributed by atoms with van der Waals surface area (Å²) in [4.78, 5) is 2.05.